The second kappa shape index (κ2) is 11.3. The highest BCUT2D eigenvalue weighted by Gasteiger charge is 2.18. The first kappa shape index (κ1) is 26.0. The number of carbonyl (C=O) groups excluding carboxylic acids is 1. The Morgan fingerprint density at radius 3 is 2.43 bits per heavy atom. The maximum atomic E-state index is 13.8. The zero-order valence-electron chi connectivity index (χ0n) is 22.0. The van der Waals surface area contributed by atoms with E-state index in [0.717, 1.165) is 33.2 Å². The summed E-state index contributed by atoms with van der Waals surface area (Å²) in [4.78, 5) is 26.0. The van der Waals surface area contributed by atoms with Crippen molar-refractivity contribution in [3.63, 3.8) is 0 Å². The molecule has 0 aliphatic carbocycles. The minimum atomic E-state index is -0.303. The van der Waals surface area contributed by atoms with Crippen LogP contribution < -0.4 is 15.0 Å². The second-order valence-electron chi connectivity index (χ2n) is 9.21. The van der Waals surface area contributed by atoms with Gasteiger partial charge in [0, 0.05) is 28.8 Å². The number of benzene rings is 3. The van der Waals surface area contributed by atoms with Crippen LogP contribution in [0.1, 0.15) is 30.5 Å². The zero-order valence-corrected chi connectivity index (χ0v) is 22.0. The summed E-state index contributed by atoms with van der Waals surface area (Å²) < 4.78 is 17.8. The number of aromatic nitrogens is 1. The van der Waals surface area contributed by atoms with Crippen molar-refractivity contribution in [2.45, 2.75) is 33.7 Å². The van der Waals surface area contributed by atoms with Crippen LogP contribution in [0.5, 0.6) is 11.5 Å². The van der Waals surface area contributed by atoms with Gasteiger partial charge >= 0.3 is 5.97 Å². The van der Waals surface area contributed by atoms with Gasteiger partial charge in [0.2, 0.25) is 0 Å². The molecule has 0 amide bonds. The SMILES string of the molecule is CCOC(=O)C(C)Cc1ccc2c(-c3ccccc3C)cn(Cc3ccc(OC)cc3OC)c(=O)c2c1. The first-order chi connectivity index (χ1) is 17.9. The Bertz CT molecular complexity index is 1490. The van der Waals surface area contributed by atoms with E-state index in [0.29, 0.717) is 36.5 Å². The lowest BCUT2D eigenvalue weighted by atomic mass is 9.94. The fourth-order valence-corrected chi connectivity index (χ4v) is 4.66. The van der Waals surface area contributed by atoms with E-state index in [9.17, 15) is 9.59 Å². The Balaban J connectivity index is 1.87. The largest absolute Gasteiger partial charge is 0.497 e. The topological polar surface area (TPSA) is 66.8 Å². The molecule has 0 saturated heterocycles. The summed E-state index contributed by atoms with van der Waals surface area (Å²) in [6.07, 6.45) is 2.42. The number of aryl methyl sites for hydroxylation is 1. The average Bonchev–Trinajstić information content (AvgIpc) is 2.91. The van der Waals surface area contributed by atoms with Gasteiger partial charge in [-0.1, -0.05) is 43.3 Å². The van der Waals surface area contributed by atoms with Crippen molar-refractivity contribution in [2.75, 3.05) is 20.8 Å². The highest BCUT2D eigenvalue weighted by atomic mass is 16.5. The third kappa shape index (κ3) is 5.53. The molecule has 0 aliphatic heterocycles. The molecular weight excluding hydrogens is 466 g/mol. The number of hydrogen-bond acceptors (Lipinski definition) is 5. The van der Waals surface area contributed by atoms with Gasteiger partial charge in [0.05, 0.1) is 33.3 Å². The van der Waals surface area contributed by atoms with Gasteiger partial charge in [0.25, 0.3) is 5.56 Å². The van der Waals surface area contributed by atoms with Crippen molar-refractivity contribution >= 4 is 16.7 Å². The molecule has 1 aromatic heterocycles. The third-order valence-electron chi connectivity index (χ3n) is 6.65. The summed E-state index contributed by atoms with van der Waals surface area (Å²) in [5.41, 5.74) is 4.85. The lowest BCUT2D eigenvalue weighted by Crippen LogP contribution is -2.22. The van der Waals surface area contributed by atoms with Crippen molar-refractivity contribution in [3.05, 3.63) is 93.9 Å². The van der Waals surface area contributed by atoms with E-state index in [1.165, 1.54) is 0 Å². The van der Waals surface area contributed by atoms with Crippen LogP contribution in [0.4, 0.5) is 0 Å². The maximum Gasteiger partial charge on any atom is 0.308 e. The standard InChI is InChI=1S/C31H33NO5/c1-6-37-31(34)21(3)15-22-11-14-26-27(16-22)30(33)32(19-28(26)25-10-8-7-9-20(25)2)18-23-12-13-24(35-4)17-29(23)36-5/h7-14,16-17,19,21H,6,15,18H2,1-5H3. The molecule has 0 saturated carbocycles. The van der Waals surface area contributed by atoms with Crippen molar-refractivity contribution in [2.24, 2.45) is 5.92 Å². The molecule has 6 nitrogen and oxygen atoms in total. The fraction of sp³-hybridized carbons (Fsp3) is 0.290. The lowest BCUT2D eigenvalue weighted by molar-refractivity contribution is -0.147. The van der Waals surface area contributed by atoms with E-state index < -0.39 is 0 Å². The van der Waals surface area contributed by atoms with E-state index in [1.807, 2.05) is 61.7 Å². The van der Waals surface area contributed by atoms with Crippen LogP contribution in [-0.4, -0.2) is 31.4 Å². The number of hydrogen-bond donors (Lipinski definition) is 0. The van der Waals surface area contributed by atoms with Crippen LogP contribution in [0.25, 0.3) is 21.9 Å². The minimum absolute atomic E-state index is 0.101. The lowest BCUT2D eigenvalue weighted by Gasteiger charge is -2.17. The number of ether oxygens (including phenoxy) is 3. The molecule has 0 N–H and O–H groups in total. The number of pyridine rings is 1. The highest BCUT2D eigenvalue weighted by molar-refractivity contribution is 5.97. The molecule has 1 unspecified atom stereocenters. The Hall–Kier alpha value is -4.06. The molecule has 0 fully saturated rings. The van der Waals surface area contributed by atoms with Gasteiger partial charge in [-0.2, -0.15) is 0 Å². The number of nitrogens with zero attached hydrogens (tertiary/aromatic N) is 1. The average molecular weight is 500 g/mol. The van der Waals surface area contributed by atoms with E-state index >= 15 is 0 Å². The molecule has 4 rings (SSSR count). The number of methoxy groups -OCH3 is 2. The van der Waals surface area contributed by atoms with Crippen molar-refractivity contribution in [1.29, 1.82) is 0 Å². The number of carbonyl (C=O) groups is 1. The number of rotatable bonds is 9. The normalized spacial score (nSPS) is 11.8. The molecule has 0 aliphatic rings. The molecule has 0 spiro atoms. The summed E-state index contributed by atoms with van der Waals surface area (Å²) >= 11 is 0. The summed E-state index contributed by atoms with van der Waals surface area (Å²) in [6, 6.07) is 19.7. The number of esters is 1. The maximum absolute atomic E-state index is 13.8. The highest BCUT2D eigenvalue weighted by Crippen LogP contribution is 2.31. The van der Waals surface area contributed by atoms with Crippen LogP contribution in [0, 0.1) is 12.8 Å². The van der Waals surface area contributed by atoms with Gasteiger partial charge in [-0.25, -0.2) is 0 Å². The Morgan fingerprint density at radius 2 is 1.73 bits per heavy atom. The van der Waals surface area contributed by atoms with Gasteiger partial charge in [-0.15, -0.1) is 0 Å². The Kier molecular flexibility index (Phi) is 7.97. The third-order valence-corrected chi connectivity index (χ3v) is 6.65. The molecule has 1 atom stereocenters. The molecule has 0 radical (unpaired) electrons. The predicted octanol–water partition coefficient (Wildman–Crippen LogP) is 5.78. The quantitative estimate of drug-likeness (QED) is 0.273. The van der Waals surface area contributed by atoms with Crippen LogP contribution in [0.3, 0.4) is 0 Å². The second-order valence-corrected chi connectivity index (χ2v) is 9.21. The van der Waals surface area contributed by atoms with Crippen LogP contribution in [0.15, 0.2) is 71.7 Å². The van der Waals surface area contributed by atoms with Gasteiger partial charge in [-0.3, -0.25) is 9.59 Å². The van der Waals surface area contributed by atoms with E-state index in [2.05, 4.69) is 19.1 Å². The minimum Gasteiger partial charge on any atom is -0.497 e. The Morgan fingerprint density at radius 1 is 0.946 bits per heavy atom. The molecule has 1 heterocycles. The molecular formula is C31H33NO5. The Labute approximate surface area is 217 Å². The first-order valence-corrected chi connectivity index (χ1v) is 12.5. The van der Waals surface area contributed by atoms with Gasteiger partial charge < -0.3 is 18.8 Å². The zero-order chi connectivity index (χ0) is 26.5. The fourth-order valence-electron chi connectivity index (χ4n) is 4.66. The molecule has 3 aromatic carbocycles. The summed E-state index contributed by atoms with van der Waals surface area (Å²) in [6.45, 7) is 6.40. The van der Waals surface area contributed by atoms with E-state index in [1.54, 1.807) is 25.7 Å². The molecule has 0 bridgehead atoms. The van der Waals surface area contributed by atoms with Crippen LogP contribution in [-0.2, 0) is 22.5 Å². The van der Waals surface area contributed by atoms with Gasteiger partial charge in [-0.05, 0) is 60.5 Å². The van der Waals surface area contributed by atoms with E-state index in [4.69, 9.17) is 14.2 Å². The first-order valence-electron chi connectivity index (χ1n) is 12.5. The van der Waals surface area contributed by atoms with Crippen LogP contribution in [0.2, 0.25) is 0 Å². The summed E-state index contributed by atoms with van der Waals surface area (Å²) in [5, 5.41) is 1.49. The molecule has 4 aromatic rings. The molecule has 37 heavy (non-hydrogen) atoms. The van der Waals surface area contributed by atoms with E-state index in [-0.39, 0.29) is 17.4 Å². The summed E-state index contributed by atoms with van der Waals surface area (Å²) in [7, 11) is 3.22. The van der Waals surface area contributed by atoms with Crippen molar-refractivity contribution in [1.82, 2.24) is 4.57 Å². The molecule has 6 heteroatoms. The predicted molar refractivity (Wildman–Crippen MR) is 147 cm³/mol. The van der Waals surface area contributed by atoms with Gasteiger partial charge in [0.1, 0.15) is 11.5 Å². The number of fused-ring (bicyclic) bond motifs is 1. The molecule has 192 valence electrons. The van der Waals surface area contributed by atoms with Crippen molar-refractivity contribution < 1.29 is 19.0 Å². The monoisotopic (exact) mass is 499 g/mol. The van der Waals surface area contributed by atoms with Gasteiger partial charge in [0.15, 0.2) is 0 Å². The smallest absolute Gasteiger partial charge is 0.308 e. The summed E-state index contributed by atoms with van der Waals surface area (Å²) in [5.74, 6) is 0.802. The van der Waals surface area contributed by atoms with Crippen molar-refractivity contribution in [3.8, 4) is 22.6 Å². The van der Waals surface area contributed by atoms with Crippen LogP contribution >= 0.6 is 0 Å².